The Morgan fingerprint density at radius 2 is 2.67 bits per heavy atom. The predicted molar refractivity (Wildman–Crippen MR) is 39.3 cm³/mol. The molecule has 0 fully saturated rings. The second kappa shape index (κ2) is 3.30. The second-order valence-electron chi connectivity index (χ2n) is 1.56. The molecular weight excluding hydrogens is 132 g/mol. The van der Waals surface area contributed by atoms with Crippen molar-refractivity contribution in [3.05, 3.63) is 35.2 Å². The largest absolute Gasteiger partial charge is 0.496 e. The van der Waals surface area contributed by atoms with E-state index in [0.29, 0.717) is 6.61 Å². The minimum Gasteiger partial charge on any atom is -0.496 e. The van der Waals surface area contributed by atoms with Crippen molar-refractivity contribution in [2.75, 3.05) is 0 Å². The number of hydrogen-bond acceptors (Lipinski definition) is 2. The van der Waals surface area contributed by atoms with Crippen LogP contribution in [0.1, 0.15) is 4.88 Å². The van der Waals surface area contributed by atoms with E-state index in [1.807, 2.05) is 17.5 Å². The summed E-state index contributed by atoms with van der Waals surface area (Å²) in [6.45, 7) is 4.10. The van der Waals surface area contributed by atoms with E-state index in [1.165, 1.54) is 11.1 Å². The lowest BCUT2D eigenvalue weighted by Crippen LogP contribution is -1.78. The van der Waals surface area contributed by atoms with Crippen LogP contribution in [0.5, 0.6) is 0 Å². The number of thiophene rings is 1. The highest BCUT2D eigenvalue weighted by molar-refractivity contribution is 7.09. The quantitative estimate of drug-likeness (QED) is 0.586. The third kappa shape index (κ3) is 1.90. The summed E-state index contributed by atoms with van der Waals surface area (Å²) in [6, 6.07) is 4.04. The van der Waals surface area contributed by atoms with Crippen LogP contribution in [0.4, 0.5) is 0 Å². The van der Waals surface area contributed by atoms with E-state index in [1.54, 1.807) is 11.3 Å². The number of ether oxygens (including phenoxy) is 1. The summed E-state index contributed by atoms with van der Waals surface area (Å²) < 4.78 is 4.95. The van der Waals surface area contributed by atoms with E-state index < -0.39 is 0 Å². The maximum atomic E-state index is 4.95. The smallest absolute Gasteiger partial charge is 0.121 e. The van der Waals surface area contributed by atoms with Gasteiger partial charge in [0.1, 0.15) is 6.61 Å². The molecule has 0 amide bonds. The summed E-state index contributed by atoms with van der Waals surface area (Å²) >= 11 is 1.69. The Bertz CT molecular complexity index is 167. The Labute approximate surface area is 58.6 Å². The molecule has 0 saturated carbocycles. The molecule has 0 bridgehead atoms. The van der Waals surface area contributed by atoms with Gasteiger partial charge in [0.2, 0.25) is 0 Å². The minimum atomic E-state index is 0.654. The van der Waals surface area contributed by atoms with Crippen molar-refractivity contribution in [1.29, 1.82) is 0 Å². The van der Waals surface area contributed by atoms with E-state index in [4.69, 9.17) is 4.74 Å². The molecule has 2 heteroatoms. The molecule has 1 heterocycles. The molecule has 0 unspecified atom stereocenters. The van der Waals surface area contributed by atoms with Crippen LogP contribution in [0.3, 0.4) is 0 Å². The summed E-state index contributed by atoms with van der Waals surface area (Å²) in [6.07, 6.45) is 1.46. The molecule has 0 radical (unpaired) electrons. The lowest BCUT2D eigenvalue weighted by Gasteiger charge is -1.93. The van der Waals surface area contributed by atoms with Crippen LogP contribution in [-0.2, 0) is 11.3 Å². The van der Waals surface area contributed by atoms with Crippen molar-refractivity contribution in [3.8, 4) is 0 Å². The van der Waals surface area contributed by atoms with Crippen molar-refractivity contribution in [1.82, 2.24) is 0 Å². The summed E-state index contributed by atoms with van der Waals surface area (Å²) in [4.78, 5) is 1.23. The number of rotatable bonds is 3. The van der Waals surface area contributed by atoms with Gasteiger partial charge in [-0.1, -0.05) is 12.6 Å². The second-order valence-corrected chi connectivity index (χ2v) is 2.59. The monoisotopic (exact) mass is 140 g/mol. The third-order valence-corrected chi connectivity index (χ3v) is 1.77. The van der Waals surface area contributed by atoms with E-state index in [9.17, 15) is 0 Å². The van der Waals surface area contributed by atoms with Crippen LogP contribution >= 0.6 is 11.3 Å². The van der Waals surface area contributed by atoms with Gasteiger partial charge in [-0.25, -0.2) is 0 Å². The molecule has 0 aliphatic heterocycles. The fourth-order valence-electron chi connectivity index (χ4n) is 0.536. The van der Waals surface area contributed by atoms with Crippen molar-refractivity contribution >= 4 is 11.3 Å². The summed E-state index contributed by atoms with van der Waals surface area (Å²) in [5.74, 6) is 0. The van der Waals surface area contributed by atoms with Crippen LogP contribution in [0.2, 0.25) is 0 Å². The standard InChI is InChI=1S/C7H8OS/c1-2-8-6-7-4-3-5-9-7/h2-5H,1,6H2. The van der Waals surface area contributed by atoms with Crippen LogP contribution in [0.25, 0.3) is 0 Å². The van der Waals surface area contributed by atoms with Gasteiger partial charge in [0.25, 0.3) is 0 Å². The van der Waals surface area contributed by atoms with Gasteiger partial charge in [0.05, 0.1) is 6.26 Å². The fourth-order valence-corrected chi connectivity index (χ4v) is 1.16. The van der Waals surface area contributed by atoms with Gasteiger partial charge in [0, 0.05) is 4.88 Å². The maximum Gasteiger partial charge on any atom is 0.121 e. The minimum absolute atomic E-state index is 0.654. The zero-order valence-corrected chi connectivity index (χ0v) is 5.86. The molecule has 1 nitrogen and oxygen atoms in total. The van der Waals surface area contributed by atoms with E-state index in [2.05, 4.69) is 6.58 Å². The molecule has 0 aliphatic rings. The normalized spacial score (nSPS) is 8.89. The highest BCUT2D eigenvalue weighted by Gasteiger charge is 1.88. The zero-order chi connectivity index (χ0) is 6.53. The average molecular weight is 140 g/mol. The molecule has 0 atom stereocenters. The summed E-state index contributed by atoms with van der Waals surface area (Å²) in [5, 5.41) is 2.03. The Hall–Kier alpha value is -0.760. The molecule has 0 spiro atoms. The fraction of sp³-hybridized carbons (Fsp3) is 0.143. The van der Waals surface area contributed by atoms with Crippen molar-refractivity contribution in [3.63, 3.8) is 0 Å². The first kappa shape index (κ1) is 6.36. The summed E-state index contributed by atoms with van der Waals surface area (Å²) in [5.41, 5.74) is 0. The van der Waals surface area contributed by atoms with E-state index in [-0.39, 0.29) is 0 Å². The highest BCUT2D eigenvalue weighted by atomic mass is 32.1. The average Bonchev–Trinajstić information content (AvgIpc) is 2.34. The molecule has 0 saturated heterocycles. The van der Waals surface area contributed by atoms with E-state index in [0.717, 1.165) is 0 Å². The molecule has 0 aliphatic carbocycles. The van der Waals surface area contributed by atoms with Crippen LogP contribution in [0, 0.1) is 0 Å². The van der Waals surface area contributed by atoms with Gasteiger partial charge < -0.3 is 4.74 Å². The SMILES string of the molecule is C=COCc1cccs1. The Kier molecular flexibility index (Phi) is 2.33. The predicted octanol–water partition coefficient (Wildman–Crippen LogP) is 2.41. The highest BCUT2D eigenvalue weighted by Crippen LogP contribution is 2.08. The zero-order valence-electron chi connectivity index (χ0n) is 5.04. The van der Waals surface area contributed by atoms with Crippen LogP contribution in [-0.4, -0.2) is 0 Å². The topological polar surface area (TPSA) is 9.23 Å². The molecule has 9 heavy (non-hydrogen) atoms. The van der Waals surface area contributed by atoms with Crippen molar-refractivity contribution in [2.45, 2.75) is 6.61 Å². The van der Waals surface area contributed by atoms with Crippen LogP contribution in [0.15, 0.2) is 30.4 Å². The first-order valence-corrected chi connectivity index (χ1v) is 3.56. The molecule has 1 aromatic heterocycles. The van der Waals surface area contributed by atoms with Gasteiger partial charge in [-0.05, 0) is 11.4 Å². The third-order valence-electron chi connectivity index (χ3n) is 0.924. The molecule has 48 valence electrons. The lowest BCUT2D eigenvalue weighted by atomic mass is 10.5. The Morgan fingerprint density at radius 1 is 1.78 bits per heavy atom. The number of hydrogen-bond donors (Lipinski definition) is 0. The molecule has 0 aromatic carbocycles. The van der Waals surface area contributed by atoms with E-state index >= 15 is 0 Å². The molecule has 0 N–H and O–H groups in total. The van der Waals surface area contributed by atoms with Crippen molar-refractivity contribution in [2.24, 2.45) is 0 Å². The Morgan fingerprint density at radius 3 is 3.22 bits per heavy atom. The lowest BCUT2D eigenvalue weighted by molar-refractivity contribution is 0.241. The van der Waals surface area contributed by atoms with Gasteiger partial charge in [0.15, 0.2) is 0 Å². The van der Waals surface area contributed by atoms with Crippen LogP contribution < -0.4 is 0 Å². The van der Waals surface area contributed by atoms with Gasteiger partial charge in [-0.2, -0.15) is 0 Å². The first-order valence-electron chi connectivity index (χ1n) is 2.68. The van der Waals surface area contributed by atoms with Gasteiger partial charge in [-0.3, -0.25) is 0 Å². The summed E-state index contributed by atoms with van der Waals surface area (Å²) in [7, 11) is 0. The Balaban J connectivity index is 2.38. The van der Waals surface area contributed by atoms with Gasteiger partial charge in [-0.15, -0.1) is 11.3 Å². The van der Waals surface area contributed by atoms with Crippen molar-refractivity contribution < 1.29 is 4.74 Å². The molecular formula is C7H8OS. The van der Waals surface area contributed by atoms with Gasteiger partial charge >= 0.3 is 0 Å². The molecule has 1 rings (SSSR count). The molecule has 1 aromatic rings. The first-order chi connectivity index (χ1) is 4.43. The maximum absolute atomic E-state index is 4.95.